The lowest BCUT2D eigenvalue weighted by atomic mass is 10.2. The van der Waals surface area contributed by atoms with Crippen molar-refractivity contribution in [3.05, 3.63) is 0 Å². The zero-order chi connectivity index (χ0) is 16.2. The number of amides is 1. The number of hydrogen-bond donors (Lipinski definition) is 0. The summed E-state index contributed by atoms with van der Waals surface area (Å²) in [5.74, 6) is -0.0310. The van der Waals surface area contributed by atoms with E-state index in [2.05, 4.69) is 4.90 Å². The monoisotopic (exact) mass is 333 g/mol. The fourth-order valence-electron chi connectivity index (χ4n) is 3.23. The van der Waals surface area contributed by atoms with Gasteiger partial charge in [-0.15, -0.1) is 0 Å². The average Bonchev–Trinajstić information content (AvgIpc) is 2.85. The summed E-state index contributed by atoms with van der Waals surface area (Å²) < 4.78 is 30.1. The largest absolute Gasteiger partial charge is 0.383 e. The number of sulfonamides is 1. The summed E-state index contributed by atoms with van der Waals surface area (Å²) in [6.07, 6.45) is 3.50. The highest BCUT2D eigenvalue weighted by molar-refractivity contribution is 7.88. The molecule has 22 heavy (non-hydrogen) atoms. The Balaban J connectivity index is 1.95. The van der Waals surface area contributed by atoms with E-state index in [4.69, 9.17) is 4.74 Å². The van der Waals surface area contributed by atoms with E-state index in [-0.39, 0.29) is 5.91 Å². The second-order valence-corrected chi connectivity index (χ2v) is 7.98. The van der Waals surface area contributed by atoms with Crippen LogP contribution in [0.25, 0.3) is 0 Å². The van der Waals surface area contributed by atoms with Gasteiger partial charge in [0, 0.05) is 39.8 Å². The Morgan fingerprint density at radius 3 is 2.59 bits per heavy atom. The summed E-state index contributed by atoms with van der Waals surface area (Å²) in [7, 11) is -1.62. The van der Waals surface area contributed by atoms with Gasteiger partial charge in [-0.25, -0.2) is 8.42 Å². The first-order chi connectivity index (χ1) is 10.4. The molecule has 2 aliphatic rings. The van der Waals surface area contributed by atoms with Crippen molar-refractivity contribution in [3.8, 4) is 0 Å². The van der Waals surface area contributed by atoms with Crippen LogP contribution in [0.5, 0.6) is 0 Å². The zero-order valence-corrected chi connectivity index (χ0v) is 14.3. The van der Waals surface area contributed by atoms with E-state index >= 15 is 0 Å². The molecular formula is C14H27N3O4S. The molecule has 0 aliphatic carbocycles. The second-order valence-electron chi connectivity index (χ2n) is 6.05. The third-order valence-corrected chi connectivity index (χ3v) is 5.72. The standard InChI is InChI=1S/C14H27N3O4S/c1-21-12-11-15-6-4-7-16(10-9-15)14(18)13-5-3-8-17(13)22(2,19)20/h13H,3-12H2,1-2H3/t13-/m1/s1. The van der Waals surface area contributed by atoms with E-state index in [9.17, 15) is 13.2 Å². The number of methoxy groups -OCH3 is 1. The number of ether oxygens (including phenoxy) is 1. The van der Waals surface area contributed by atoms with Crippen molar-refractivity contribution in [2.75, 3.05) is 59.2 Å². The molecule has 0 unspecified atom stereocenters. The van der Waals surface area contributed by atoms with E-state index in [1.807, 2.05) is 4.90 Å². The first kappa shape index (κ1) is 17.7. The third-order valence-electron chi connectivity index (χ3n) is 4.43. The first-order valence-corrected chi connectivity index (χ1v) is 9.75. The van der Waals surface area contributed by atoms with Crippen LogP contribution in [0, 0.1) is 0 Å². The van der Waals surface area contributed by atoms with E-state index in [0.717, 1.165) is 32.5 Å². The van der Waals surface area contributed by atoms with Crippen LogP contribution < -0.4 is 0 Å². The minimum Gasteiger partial charge on any atom is -0.383 e. The van der Waals surface area contributed by atoms with Gasteiger partial charge >= 0.3 is 0 Å². The van der Waals surface area contributed by atoms with Crippen LogP contribution in [0.4, 0.5) is 0 Å². The van der Waals surface area contributed by atoms with E-state index in [1.165, 1.54) is 10.6 Å². The molecule has 0 radical (unpaired) electrons. The predicted octanol–water partition coefficient (Wildman–Crippen LogP) is -0.409. The first-order valence-electron chi connectivity index (χ1n) is 7.90. The van der Waals surface area contributed by atoms with Crippen LogP contribution in [0.3, 0.4) is 0 Å². The van der Waals surface area contributed by atoms with Gasteiger partial charge in [0.25, 0.3) is 0 Å². The van der Waals surface area contributed by atoms with E-state index in [1.54, 1.807) is 7.11 Å². The maximum atomic E-state index is 12.7. The molecule has 0 bridgehead atoms. The smallest absolute Gasteiger partial charge is 0.241 e. The van der Waals surface area contributed by atoms with Crippen molar-refractivity contribution in [2.24, 2.45) is 0 Å². The van der Waals surface area contributed by atoms with E-state index in [0.29, 0.717) is 32.7 Å². The van der Waals surface area contributed by atoms with Gasteiger partial charge in [-0.2, -0.15) is 4.31 Å². The van der Waals surface area contributed by atoms with Crippen LogP contribution in [0.1, 0.15) is 19.3 Å². The van der Waals surface area contributed by atoms with Crippen LogP contribution in [0.2, 0.25) is 0 Å². The lowest BCUT2D eigenvalue weighted by Gasteiger charge is -2.28. The summed E-state index contributed by atoms with van der Waals surface area (Å²) in [6.45, 7) is 5.17. The Bertz CT molecular complexity index is 482. The molecule has 0 aromatic heterocycles. The topological polar surface area (TPSA) is 70.2 Å². The summed E-state index contributed by atoms with van der Waals surface area (Å²) in [6, 6.07) is -0.500. The van der Waals surface area contributed by atoms with Gasteiger partial charge in [-0.1, -0.05) is 0 Å². The van der Waals surface area contributed by atoms with E-state index < -0.39 is 16.1 Å². The highest BCUT2D eigenvalue weighted by Gasteiger charge is 2.38. The third kappa shape index (κ3) is 4.41. The minimum atomic E-state index is -3.31. The Morgan fingerprint density at radius 1 is 1.14 bits per heavy atom. The van der Waals surface area contributed by atoms with Gasteiger partial charge in [0.2, 0.25) is 15.9 Å². The van der Waals surface area contributed by atoms with Crippen molar-refractivity contribution in [1.29, 1.82) is 0 Å². The Kier molecular flexibility index (Phi) is 6.19. The fourth-order valence-corrected chi connectivity index (χ4v) is 4.35. The number of carbonyl (C=O) groups excluding carboxylic acids is 1. The predicted molar refractivity (Wildman–Crippen MR) is 84.1 cm³/mol. The lowest BCUT2D eigenvalue weighted by molar-refractivity contribution is -0.134. The summed E-state index contributed by atoms with van der Waals surface area (Å²) in [4.78, 5) is 16.8. The summed E-state index contributed by atoms with van der Waals surface area (Å²) in [5, 5.41) is 0. The molecule has 2 saturated heterocycles. The molecule has 1 atom stereocenters. The molecule has 2 aliphatic heterocycles. The lowest BCUT2D eigenvalue weighted by Crippen LogP contribution is -2.48. The van der Waals surface area contributed by atoms with Crippen molar-refractivity contribution >= 4 is 15.9 Å². The Labute approximate surface area is 133 Å². The van der Waals surface area contributed by atoms with Gasteiger partial charge in [0.15, 0.2) is 0 Å². The Hall–Kier alpha value is -0.700. The molecule has 128 valence electrons. The van der Waals surface area contributed by atoms with Crippen LogP contribution >= 0.6 is 0 Å². The molecule has 0 saturated carbocycles. The zero-order valence-electron chi connectivity index (χ0n) is 13.5. The molecule has 8 heteroatoms. The van der Waals surface area contributed by atoms with Gasteiger partial charge in [0.1, 0.15) is 6.04 Å². The van der Waals surface area contributed by atoms with Gasteiger partial charge < -0.3 is 9.64 Å². The highest BCUT2D eigenvalue weighted by Crippen LogP contribution is 2.22. The highest BCUT2D eigenvalue weighted by atomic mass is 32.2. The molecule has 0 aromatic rings. The normalized spacial score (nSPS) is 25.4. The molecule has 1 amide bonds. The van der Waals surface area contributed by atoms with Gasteiger partial charge in [-0.3, -0.25) is 9.69 Å². The van der Waals surface area contributed by atoms with Crippen LogP contribution in [-0.4, -0.2) is 93.7 Å². The molecule has 2 heterocycles. The second kappa shape index (κ2) is 7.72. The molecule has 2 rings (SSSR count). The average molecular weight is 333 g/mol. The molecule has 2 fully saturated rings. The Morgan fingerprint density at radius 2 is 1.91 bits per heavy atom. The molecule has 7 nitrogen and oxygen atoms in total. The van der Waals surface area contributed by atoms with Gasteiger partial charge in [-0.05, 0) is 25.8 Å². The fraction of sp³-hybridized carbons (Fsp3) is 0.929. The van der Waals surface area contributed by atoms with Crippen molar-refractivity contribution < 1.29 is 17.9 Å². The molecular weight excluding hydrogens is 306 g/mol. The van der Waals surface area contributed by atoms with Crippen molar-refractivity contribution in [3.63, 3.8) is 0 Å². The van der Waals surface area contributed by atoms with Crippen molar-refractivity contribution in [2.45, 2.75) is 25.3 Å². The molecule has 0 aromatic carbocycles. The van der Waals surface area contributed by atoms with Crippen LogP contribution in [-0.2, 0) is 19.6 Å². The summed E-state index contributed by atoms with van der Waals surface area (Å²) in [5.41, 5.74) is 0. The van der Waals surface area contributed by atoms with Crippen LogP contribution in [0.15, 0.2) is 0 Å². The van der Waals surface area contributed by atoms with Gasteiger partial charge in [0.05, 0.1) is 12.9 Å². The molecule has 0 spiro atoms. The maximum Gasteiger partial charge on any atom is 0.241 e. The SMILES string of the molecule is COCCN1CCCN(C(=O)[C@H]2CCCN2S(C)(=O)=O)CC1. The number of carbonyl (C=O) groups is 1. The quantitative estimate of drug-likeness (QED) is 0.684. The number of nitrogens with zero attached hydrogens (tertiary/aromatic N) is 3. The minimum absolute atomic E-state index is 0.0310. The maximum absolute atomic E-state index is 12.7. The number of rotatable bonds is 5. The number of hydrogen-bond acceptors (Lipinski definition) is 5. The molecule has 0 N–H and O–H groups in total. The van der Waals surface area contributed by atoms with Crippen molar-refractivity contribution in [1.82, 2.24) is 14.1 Å². The summed E-state index contributed by atoms with van der Waals surface area (Å²) >= 11 is 0.